The summed E-state index contributed by atoms with van der Waals surface area (Å²) in [7, 11) is -4.04. The molecule has 0 aliphatic carbocycles. The van der Waals surface area contributed by atoms with E-state index in [1.54, 1.807) is 18.6 Å². The number of carbonyl (C=O) groups is 1. The SMILES string of the molecule is CC(C)OC(=O)NS(=O)(=O)NCC1(O)CCOCC1. The van der Waals surface area contributed by atoms with Crippen molar-refractivity contribution in [1.82, 2.24) is 9.44 Å². The Morgan fingerprint density at radius 1 is 1.42 bits per heavy atom. The number of hydrogen-bond acceptors (Lipinski definition) is 6. The van der Waals surface area contributed by atoms with Crippen LogP contribution in [-0.2, 0) is 19.7 Å². The predicted molar refractivity (Wildman–Crippen MR) is 66.7 cm³/mol. The molecule has 0 atom stereocenters. The van der Waals surface area contributed by atoms with Gasteiger partial charge in [0.15, 0.2) is 0 Å². The van der Waals surface area contributed by atoms with E-state index in [2.05, 4.69) is 9.46 Å². The second-order valence-corrected chi connectivity index (χ2v) is 6.22. The van der Waals surface area contributed by atoms with Gasteiger partial charge in [0.05, 0.1) is 11.7 Å². The minimum Gasteiger partial charge on any atom is -0.446 e. The topological polar surface area (TPSA) is 114 Å². The first-order valence-electron chi connectivity index (χ1n) is 6.01. The number of carbonyl (C=O) groups excluding carboxylic acids is 1. The van der Waals surface area contributed by atoms with Crippen LogP contribution in [0.15, 0.2) is 0 Å². The van der Waals surface area contributed by atoms with Gasteiger partial charge in [-0.05, 0) is 13.8 Å². The van der Waals surface area contributed by atoms with Crippen LogP contribution in [0.5, 0.6) is 0 Å². The van der Waals surface area contributed by atoms with Crippen LogP contribution in [0.25, 0.3) is 0 Å². The number of nitrogens with one attached hydrogen (secondary N) is 2. The Hall–Kier alpha value is -0.900. The molecule has 0 aromatic carbocycles. The molecule has 1 fully saturated rings. The first kappa shape index (κ1) is 16.2. The number of aliphatic hydroxyl groups is 1. The third kappa shape index (κ3) is 6.19. The molecule has 0 bridgehead atoms. The van der Waals surface area contributed by atoms with Crippen LogP contribution in [0.4, 0.5) is 4.79 Å². The molecule has 1 rings (SSSR count). The third-order valence-electron chi connectivity index (χ3n) is 2.58. The van der Waals surface area contributed by atoms with E-state index in [1.807, 2.05) is 0 Å². The summed E-state index contributed by atoms with van der Waals surface area (Å²) in [6.07, 6.45) is -0.797. The highest BCUT2D eigenvalue weighted by atomic mass is 32.2. The van der Waals surface area contributed by atoms with Crippen LogP contribution in [0.2, 0.25) is 0 Å². The number of rotatable bonds is 5. The standard InChI is InChI=1S/C10H20N2O6S/c1-8(2)18-9(13)12-19(15,16)11-7-10(14)3-5-17-6-4-10/h8,11,14H,3-7H2,1-2H3,(H,12,13). The minimum atomic E-state index is -4.04. The van der Waals surface area contributed by atoms with E-state index in [4.69, 9.17) is 4.74 Å². The van der Waals surface area contributed by atoms with Gasteiger partial charge in [0, 0.05) is 32.6 Å². The van der Waals surface area contributed by atoms with Crippen LogP contribution in [-0.4, -0.2) is 51.1 Å². The predicted octanol–water partition coefficient (Wildman–Crippen LogP) is -0.503. The van der Waals surface area contributed by atoms with Crippen LogP contribution < -0.4 is 9.44 Å². The molecular formula is C10H20N2O6S. The molecule has 0 unspecified atom stereocenters. The Labute approximate surface area is 112 Å². The quantitative estimate of drug-likeness (QED) is 0.630. The second-order valence-electron chi connectivity index (χ2n) is 4.72. The lowest BCUT2D eigenvalue weighted by Gasteiger charge is -2.31. The number of ether oxygens (including phenoxy) is 2. The van der Waals surface area contributed by atoms with E-state index < -0.39 is 28.0 Å². The van der Waals surface area contributed by atoms with Crippen molar-refractivity contribution in [3.05, 3.63) is 0 Å². The van der Waals surface area contributed by atoms with Crippen molar-refractivity contribution in [3.63, 3.8) is 0 Å². The third-order valence-corrected chi connectivity index (χ3v) is 3.53. The molecule has 0 saturated carbocycles. The normalized spacial score (nSPS) is 19.2. The molecule has 1 amide bonds. The van der Waals surface area contributed by atoms with E-state index >= 15 is 0 Å². The summed E-state index contributed by atoms with van der Waals surface area (Å²) in [4.78, 5) is 11.2. The molecule has 1 aliphatic rings. The molecule has 8 nitrogen and oxygen atoms in total. The summed E-state index contributed by atoms with van der Waals surface area (Å²) < 4.78 is 36.6. The molecule has 3 N–H and O–H groups in total. The van der Waals surface area contributed by atoms with Gasteiger partial charge in [0.25, 0.3) is 0 Å². The maximum atomic E-state index is 11.5. The molecule has 1 saturated heterocycles. The Bertz CT molecular complexity index is 402. The summed E-state index contributed by atoms with van der Waals surface area (Å²) in [5.74, 6) is 0. The van der Waals surface area contributed by atoms with Crippen molar-refractivity contribution in [2.75, 3.05) is 19.8 Å². The highest BCUT2D eigenvalue weighted by Crippen LogP contribution is 2.19. The van der Waals surface area contributed by atoms with E-state index in [9.17, 15) is 18.3 Å². The molecule has 1 heterocycles. The minimum absolute atomic E-state index is 0.180. The zero-order valence-electron chi connectivity index (χ0n) is 11.0. The summed E-state index contributed by atoms with van der Waals surface area (Å²) in [6, 6.07) is 0. The van der Waals surface area contributed by atoms with Gasteiger partial charge in [-0.3, -0.25) is 0 Å². The highest BCUT2D eigenvalue weighted by Gasteiger charge is 2.31. The second kappa shape index (κ2) is 6.51. The van der Waals surface area contributed by atoms with E-state index in [-0.39, 0.29) is 6.54 Å². The molecule has 9 heteroatoms. The van der Waals surface area contributed by atoms with Crippen LogP contribution >= 0.6 is 0 Å². The lowest BCUT2D eigenvalue weighted by molar-refractivity contribution is -0.0589. The molecule has 0 spiro atoms. The van der Waals surface area contributed by atoms with Crippen LogP contribution in [0, 0.1) is 0 Å². The lowest BCUT2D eigenvalue weighted by Crippen LogP contribution is -2.50. The largest absolute Gasteiger partial charge is 0.446 e. The van der Waals surface area contributed by atoms with Crippen molar-refractivity contribution in [2.45, 2.75) is 38.4 Å². The fourth-order valence-corrected chi connectivity index (χ4v) is 2.34. The van der Waals surface area contributed by atoms with Crippen molar-refractivity contribution < 1.29 is 27.8 Å². The highest BCUT2D eigenvalue weighted by molar-refractivity contribution is 7.88. The van der Waals surface area contributed by atoms with Gasteiger partial charge in [0.2, 0.25) is 0 Å². The van der Waals surface area contributed by atoms with Crippen molar-refractivity contribution in [1.29, 1.82) is 0 Å². The average molecular weight is 296 g/mol. The number of amides is 1. The van der Waals surface area contributed by atoms with Crippen molar-refractivity contribution in [2.24, 2.45) is 0 Å². The van der Waals surface area contributed by atoms with Gasteiger partial charge in [-0.25, -0.2) is 9.52 Å². The molecule has 0 radical (unpaired) electrons. The summed E-state index contributed by atoms with van der Waals surface area (Å²) in [5, 5.41) is 10.1. The van der Waals surface area contributed by atoms with Gasteiger partial charge in [0.1, 0.15) is 0 Å². The van der Waals surface area contributed by atoms with Crippen molar-refractivity contribution in [3.8, 4) is 0 Å². The zero-order chi connectivity index (χ0) is 14.5. The summed E-state index contributed by atoms with van der Waals surface area (Å²) in [5.41, 5.74) is -1.14. The van der Waals surface area contributed by atoms with Crippen molar-refractivity contribution >= 4 is 16.3 Å². The fourth-order valence-electron chi connectivity index (χ4n) is 1.54. The Morgan fingerprint density at radius 2 is 2.00 bits per heavy atom. The van der Waals surface area contributed by atoms with E-state index in [0.717, 1.165) is 0 Å². The van der Waals surface area contributed by atoms with E-state index in [1.165, 1.54) is 0 Å². The Kier molecular flexibility index (Phi) is 5.53. The summed E-state index contributed by atoms with van der Waals surface area (Å²) >= 11 is 0. The zero-order valence-corrected chi connectivity index (χ0v) is 11.8. The van der Waals surface area contributed by atoms with Gasteiger partial charge in [-0.15, -0.1) is 0 Å². The lowest BCUT2D eigenvalue weighted by atomic mass is 9.95. The molecule has 0 aromatic heterocycles. The van der Waals surface area contributed by atoms with Gasteiger partial charge in [-0.1, -0.05) is 0 Å². The maximum absolute atomic E-state index is 11.5. The monoisotopic (exact) mass is 296 g/mol. The average Bonchev–Trinajstić information content (AvgIpc) is 2.26. The first-order chi connectivity index (χ1) is 8.72. The fraction of sp³-hybridized carbons (Fsp3) is 0.900. The smallest absolute Gasteiger partial charge is 0.422 e. The summed E-state index contributed by atoms with van der Waals surface area (Å²) in [6.45, 7) is 3.78. The van der Waals surface area contributed by atoms with Gasteiger partial charge >= 0.3 is 16.3 Å². The molecule has 112 valence electrons. The molecule has 19 heavy (non-hydrogen) atoms. The first-order valence-corrected chi connectivity index (χ1v) is 7.49. The van der Waals surface area contributed by atoms with Crippen LogP contribution in [0.1, 0.15) is 26.7 Å². The number of hydrogen-bond donors (Lipinski definition) is 3. The van der Waals surface area contributed by atoms with Crippen LogP contribution in [0.3, 0.4) is 0 Å². The maximum Gasteiger partial charge on any atom is 0.422 e. The molecule has 1 aliphatic heterocycles. The van der Waals surface area contributed by atoms with Gasteiger partial charge < -0.3 is 14.6 Å². The molecular weight excluding hydrogens is 276 g/mol. The Balaban J connectivity index is 2.44. The van der Waals surface area contributed by atoms with E-state index in [0.29, 0.717) is 26.1 Å². The van der Waals surface area contributed by atoms with Gasteiger partial charge in [-0.2, -0.15) is 13.1 Å². The molecule has 0 aromatic rings. The Morgan fingerprint density at radius 3 is 2.53 bits per heavy atom.